The van der Waals surface area contributed by atoms with Crippen LogP contribution in [0.15, 0.2) is 140 Å². The molecule has 0 fully saturated rings. The topological polar surface area (TPSA) is 38.7 Å². The highest BCUT2D eigenvalue weighted by molar-refractivity contribution is 6.21. The molecular weight excluding hydrogens is 607 g/mol. The van der Waals surface area contributed by atoms with Crippen LogP contribution in [0.5, 0.6) is 0 Å². The lowest BCUT2D eigenvalue weighted by molar-refractivity contribution is 0.660. The van der Waals surface area contributed by atoms with Crippen molar-refractivity contribution in [2.24, 2.45) is 0 Å². The number of hydrogen-bond donors (Lipinski definition) is 0. The van der Waals surface area contributed by atoms with Crippen molar-refractivity contribution >= 4 is 21.5 Å². The van der Waals surface area contributed by atoms with Crippen molar-refractivity contribution in [1.29, 1.82) is 0 Å². The summed E-state index contributed by atoms with van der Waals surface area (Å²) < 4.78 is 0. The minimum Gasteiger partial charge on any atom is -0.225 e. The van der Waals surface area contributed by atoms with Crippen LogP contribution in [0.4, 0.5) is 0 Å². The molecule has 3 nitrogen and oxygen atoms in total. The molecule has 0 amide bonds. The molecule has 2 aliphatic rings. The maximum Gasteiger partial charge on any atom is 0.163 e. The van der Waals surface area contributed by atoms with Gasteiger partial charge in [0.1, 0.15) is 12.7 Å². The molecule has 0 saturated carbocycles. The van der Waals surface area contributed by atoms with Crippen LogP contribution >= 0.6 is 0 Å². The Morgan fingerprint density at radius 1 is 0.380 bits per heavy atom. The van der Waals surface area contributed by atoms with Gasteiger partial charge in [-0.2, -0.15) is 0 Å². The van der Waals surface area contributed by atoms with E-state index in [4.69, 9.17) is 0 Å². The molecule has 0 N–H and O–H groups in total. The summed E-state index contributed by atoms with van der Waals surface area (Å²) in [5.74, 6) is 0.683. The number of nitrogens with zero attached hydrogens (tertiary/aromatic N) is 3. The summed E-state index contributed by atoms with van der Waals surface area (Å²) in [6.07, 6.45) is 3.19. The highest BCUT2D eigenvalue weighted by atomic mass is 15.0. The molecule has 7 aromatic carbocycles. The fourth-order valence-electron chi connectivity index (χ4n) is 9.02. The molecule has 0 aliphatic heterocycles. The smallest absolute Gasteiger partial charge is 0.163 e. The van der Waals surface area contributed by atoms with Gasteiger partial charge in [0.2, 0.25) is 0 Å². The lowest BCUT2D eigenvalue weighted by Gasteiger charge is -2.23. The largest absolute Gasteiger partial charge is 0.225 e. The Labute approximate surface area is 292 Å². The van der Waals surface area contributed by atoms with E-state index in [1.807, 2.05) is 0 Å². The van der Waals surface area contributed by atoms with Crippen molar-refractivity contribution in [3.63, 3.8) is 0 Å². The summed E-state index contributed by atoms with van der Waals surface area (Å²) in [7, 11) is 0. The first kappa shape index (κ1) is 29.0. The summed E-state index contributed by atoms with van der Waals surface area (Å²) in [5.41, 5.74) is 16.6. The Morgan fingerprint density at radius 2 is 0.840 bits per heavy atom. The van der Waals surface area contributed by atoms with Gasteiger partial charge < -0.3 is 0 Å². The molecule has 2 aliphatic carbocycles. The lowest BCUT2D eigenvalue weighted by atomic mass is 9.80. The van der Waals surface area contributed by atoms with Crippen molar-refractivity contribution in [1.82, 2.24) is 15.0 Å². The standard InChI is InChI=1S/C47H35N3/c1-46(2)39-15-9-7-11-31(39)33-20-17-29(24-41(33)46)28-18-22-37-38(23-28)43(35-13-5-6-14-36(35)44(37)45-49-26-48-27-50-45)30-19-21-34-32-12-8-10-16-40(32)47(3,4)42(34)25-30/h5-27H,1-4H3. The second kappa shape index (κ2) is 10.3. The maximum absolute atomic E-state index is 4.67. The predicted octanol–water partition coefficient (Wildman–Crippen LogP) is 11.8. The van der Waals surface area contributed by atoms with E-state index in [0.717, 1.165) is 16.3 Å². The molecule has 3 heteroatoms. The van der Waals surface area contributed by atoms with Gasteiger partial charge in [0, 0.05) is 16.4 Å². The molecule has 1 aromatic heterocycles. The molecule has 1 heterocycles. The first-order valence-electron chi connectivity index (χ1n) is 17.4. The van der Waals surface area contributed by atoms with E-state index in [1.165, 1.54) is 77.5 Å². The Hall–Kier alpha value is -5.93. The molecular formula is C47H35N3. The molecule has 0 unspecified atom stereocenters. The molecule has 8 aromatic rings. The maximum atomic E-state index is 4.67. The van der Waals surface area contributed by atoms with Crippen LogP contribution < -0.4 is 0 Å². The van der Waals surface area contributed by atoms with Crippen LogP contribution in [0.3, 0.4) is 0 Å². The fraction of sp³-hybridized carbons (Fsp3) is 0.128. The van der Waals surface area contributed by atoms with Crippen molar-refractivity contribution < 1.29 is 0 Å². The first-order valence-corrected chi connectivity index (χ1v) is 17.4. The molecule has 0 spiro atoms. The third kappa shape index (κ3) is 3.95. The third-order valence-electron chi connectivity index (χ3n) is 11.5. The van der Waals surface area contributed by atoms with Crippen LogP contribution in [-0.2, 0) is 10.8 Å². The summed E-state index contributed by atoms with van der Waals surface area (Å²) in [4.78, 5) is 13.5. The number of rotatable bonds is 3. The minimum atomic E-state index is -0.0989. The molecule has 0 bridgehead atoms. The molecule has 50 heavy (non-hydrogen) atoms. The fourth-order valence-corrected chi connectivity index (χ4v) is 9.02. The minimum absolute atomic E-state index is 0.0687. The normalized spacial score (nSPS) is 14.7. The second-order valence-corrected chi connectivity index (χ2v) is 14.9. The van der Waals surface area contributed by atoms with Crippen LogP contribution in [0, 0.1) is 0 Å². The van der Waals surface area contributed by atoms with E-state index in [0.29, 0.717) is 5.82 Å². The van der Waals surface area contributed by atoms with Crippen LogP contribution in [-0.4, -0.2) is 15.0 Å². The summed E-state index contributed by atoms with van der Waals surface area (Å²) >= 11 is 0. The van der Waals surface area contributed by atoms with E-state index in [9.17, 15) is 0 Å². The second-order valence-electron chi connectivity index (χ2n) is 14.9. The van der Waals surface area contributed by atoms with Gasteiger partial charge in [0.15, 0.2) is 5.82 Å². The van der Waals surface area contributed by atoms with Gasteiger partial charge in [-0.25, -0.2) is 15.0 Å². The van der Waals surface area contributed by atoms with E-state index in [2.05, 4.69) is 170 Å². The Morgan fingerprint density at radius 3 is 1.48 bits per heavy atom. The van der Waals surface area contributed by atoms with E-state index in [-0.39, 0.29) is 10.8 Å². The van der Waals surface area contributed by atoms with Crippen molar-refractivity contribution in [3.05, 3.63) is 162 Å². The molecule has 0 atom stereocenters. The lowest BCUT2D eigenvalue weighted by Crippen LogP contribution is -2.15. The van der Waals surface area contributed by atoms with Gasteiger partial charge in [0.25, 0.3) is 0 Å². The zero-order valence-corrected chi connectivity index (χ0v) is 28.6. The SMILES string of the molecule is CC1(C)c2ccccc2-c2ccc(-c3ccc4c(-c5ncncn5)c5ccccc5c(-c5ccc6c(c5)C(C)(C)c5ccccc5-6)c4c3)cc21. The van der Waals surface area contributed by atoms with Gasteiger partial charge in [-0.1, -0.05) is 137 Å². The number of hydrogen-bond acceptors (Lipinski definition) is 3. The van der Waals surface area contributed by atoms with E-state index >= 15 is 0 Å². The van der Waals surface area contributed by atoms with Crippen LogP contribution in [0.2, 0.25) is 0 Å². The number of aromatic nitrogens is 3. The summed E-state index contributed by atoms with van der Waals surface area (Å²) in [6, 6.07) is 47.5. The highest BCUT2D eigenvalue weighted by Gasteiger charge is 2.36. The first-order chi connectivity index (χ1) is 24.3. The molecule has 10 rings (SSSR count). The molecule has 0 saturated heterocycles. The number of fused-ring (bicyclic) bond motifs is 8. The van der Waals surface area contributed by atoms with Crippen molar-refractivity contribution in [2.75, 3.05) is 0 Å². The Balaban J connectivity index is 1.25. The average Bonchev–Trinajstić information content (AvgIpc) is 3.53. The average molecular weight is 642 g/mol. The zero-order chi connectivity index (χ0) is 33.8. The number of benzene rings is 7. The van der Waals surface area contributed by atoms with Gasteiger partial charge in [-0.15, -0.1) is 0 Å². The molecule has 238 valence electrons. The van der Waals surface area contributed by atoms with Gasteiger partial charge >= 0.3 is 0 Å². The molecule has 0 radical (unpaired) electrons. The zero-order valence-electron chi connectivity index (χ0n) is 28.6. The predicted molar refractivity (Wildman–Crippen MR) is 206 cm³/mol. The van der Waals surface area contributed by atoms with Crippen molar-refractivity contribution in [2.45, 2.75) is 38.5 Å². The quantitative estimate of drug-likeness (QED) is 0.180. The third-order valence-corrected chi connectivity index (χ3v) is 11.5. The van der Waals surface area contributed by atoms with Crippen LogP contribution in [0.1, 0.15) is 49.9 Å². The Bertz CT molecular complexity index is 2700. The van der Waals surface area contributed by atoms with Gasteiger partial charge in [-0.05, 0) is 107 Å². The summed E-state index contributed by atoms with van der Waals surface area (Å²) in [5, 5.41) is 4.64. The van der Waals surface area contributed by atoms with Gasteiger partial charge in [-0.3, -0.25) is 0 Å². The van der Waals surface area contributed by atoms with Crippen molar-refractivity contribution in [3.8, 4) is 55.9 Å². The Kier molecular flexibility index (Phi) is 5.97. The van der Waals surface area contributed by atoms with Crippen LogP contribution in [0.25, 0.3) is 77.4 Å². The monoisotopic (exact) mass is 641 g/mol. The summed E-state index contributed by atoms with van der Waals surface area (Å²) in [6.45, 7) is 9.40. The highest BCUT2D eigenvalue weighted by Crippen LogP contribution is 2.52. The van der Waals surface area contributed by atoms with E-state index in [1.54, 1.807) is 12.7 Å². The van der Waals surface area contributed by atoms with E-state index < -0.39 is 0 Å². The van der Waals surface area contributed by atoms with Gasteiger partial charge in [0.05, 0.1) is 0 Å².